The second-order valence-electron chi connectivity index (χ2n) is 12.5. The summed E-state index contributed by atoms with van der Waals surface area (Å²) in [5, 5.41) is 15.0. The van der Waals surface area contributed by atoms with Crippen molar-refractivity contribution >= 4 is 23.9 Å². The molecular formula is C33H45N5O8. The van der Waals surface area contributed by atoms with Crippen LogP contribution in [0.1, 0.15) is 88.3 Å². The van der Waals surface area contributed by atoms with E-state index in [0.717, 1.165) is 19.3 Å². The number of hydroxylamine groups is 2. The van der Waals surface area contributed by atoms with Crippen molar-refractivity contribution in [3.05, 3.63) is 47.8 Å². The highest BCUT2D eigenvalue weighted by Crippen LogP contribution is 2.33. The van der Waals surface area contributed by atoms with E-state index in [9.17, 15) is 24.3 Å². The fourth-order valence-corrected chi connectivity index (χ4v) is 5.56. The van der Waals surface area contributed by atoms with E-state index < -0.39 is 35.8 Å². The number of aliphatic hydroxyl groups is 1. The van der Waals surface area contributed by atoms with Crippen LogP contribution in [0.25, 0.3) is 11.4 Å². The molecule has 0 spiro atoms. The van der Waals surface area contributed by atoms with Crippen LogP contribution in [0.5, 0.6) is 0 Å². The van der Waals surface area contributed by atoms with Crippen molar-refractivity contribution in [2.24, 2.45) is 0 Å². The highest BCUT2D eigenvalue weighted by Gasteiger charge is 2.33. The molecule has 0 radical (unpaired) electrons. The summed E-state index contributed by atoms with van der Waals surface area (Å²) < 4.78 is 10.3. The third-order valence-corrected chi connectivity index (χ3v) is 7.80. The van der Waals surface area contributed by atoms with Gasteiger partial charge in [0.15, 0.2) is 5.82 Å². The molecule has 46 heavy (non-hydrogen) atoms. The summed E-state index contributed by atoms with van der Waals surface area (Å²) in [4.78, 5) is 67.9. The van der Waals surface area contributed by atoms with E-state index in [0.29, 0.717) is 23.5 Å². The third-order valence-electron chi connectivity index (χ3n) is 7.80. The molecule has 4 rings (SSSR count). The van der Waals surface area contributed by atoms with Crippen LogP contribution in [0, 0.1) is 0 Å². The number of hydrogen-bond acceptors (Lipinski definition) is 11. The Labute approximate surface area is 269 Å². The first kappa shape index (κ1) is 34.8. The summed E-state index contributed by atoms with van der Waals surface area (Å²) in [5.41, 5.74) is 0.637. The monoisotopic (exact) mass is 639 g/mol. The zero-order valence-corrected chi connectivity index (χ0v) is 27.1. The second-order valence-corrected chi connectivity index (χ2v) is 12.5. The molecule has 2 heterocycles. The van der Waals surface area contributed by atoms with Gasteiger partial charge in [0, 0.05) is 31.0 Å². The summed E-state index contributed by atoms with van der Waals surface area (Å²) in [6, 6.07) is 9.79. The van der Waals surface area contributed by atoms with E-state index in [4.69, 9.17) is 19.3 Å². The van der Waals surface area contributed by atoms with Crippen LogP contribution in [0.4, 0.5) is 4.79 Å². The molecule has 1 aromatic heterocycles. The number of carbonyl (C=O) groups is 4. The van der Waals surface area contributed by atoms with Gasteiger partial charge in [0.1, 0.15) is 17.3 Å². The number of benzene rings is 1. The first-order valence-corrected chi connectivity index (χ1v) is 16.0. The lowest BCUT2D eigenvalue weighted by molar-refractivity contribution is -0.158. The van der Waals surface area contributed by atoms with Gasteiger partial charge in [-0.3, -0.25) is 14.4 Å². The van der Waals surface area contributed by atoms with E-state index in [-0.39, 0.29) is 63.1 Å². The van der Waals surface area contributed by atoms with Gasteiger partial charge in [0.05, 0.1) is 31.5 Å². The second kappa shape index (κ2) is 15.9. The van der Waals surface area contributed by atoms with Gasteiger partial charge in [-0.25, -0.2) is 14.8 Å². The van der Waals surface area contributed by atoms with Crippen LogP contribution in [0.15, 0.2) is 36.4 Å². The van der Waals surface area contributed by atoms with Gasteiger partial charge in [0.2, 0.25) is 5.91 Å². The molecule has 2 aliphatic rings. The van der Waals surface area contributed by atoms with Crippen LogP contribution in [0.2, 0.25) is 0 Å². The van der Waals surface area contributed by atoms with Gasteiger partial charge < -0.3 is 29.6 Å². The molecule has 1 aliphatic carbocycles. The van der Waals surface area contributed by atoms with Crippen molar-refractivity contribution in [3.63, 3.8) is 0 Å². The molecule has 0 bridgehead atoms. The summed E-state index contributed by atoms with van der Waals surface area (Å²) in [5.74, 6) is -1.38. The number of nitrogens with one attached hydrogen (secondary N) is 1. The fourth-order valence-electron chi connectivity index (χ4n) is 5.56. The molecule has 13 heteroatoms. The molecule has 2 fully saturated rings. The number of piperazine rings is 1. The molecule has 13 nitrogen and oxygen atoms in total. The number of aromatic nitrogens is 2. The lowest BCUT2D eigenvalue weighted by atomic mass is 9.84. The summed E-state index contributed by atoms with van der Waals surface area (Å²) in [7, 11) is 0. The first-order chi connectivity index (χ1) is 21.9. The number of hydrogen-bond donors (Lipinski definition) is 2. The zero-order chi connectivity index (χ0) is 33.3. The number of aliphatic hydroxyl groups excluding tert-OH is 1. The molecule has 1 saturated carbocycles. The standard InChI is InChI=1S/C33H45N5O8/c1-5-44-32(43)46-38-19-17-37(18-20-38)31(42)24(15-16-28(40)45-33(2,3)4)36-30(41)26-21-25(23-13-9-10-14-27(23)39)34-29(35-26)22-11-7-6-8-12-22/h6-8,11-12,21,23-24,27,39H,5,9-10,13-20H2,1-4H3,(H,36,41)/t23?,24?,27-/m0/s1. The van der Waals surface area contributed by atoms with Gasteiger partial charge in [-0.2, -0.15) is 0 Å². The fraction of sp³-hybridized carbons (Fsp3) is 0.576. The van der Waals surface area contributed by atoms with E-state index in [1.165, 1.54) is 5.06 Å². The smallest absolute Gasteiger partial charge is 0.460 e. The minimum Gasteiger partial charge on any atom is -0.460 e. The van der Waals surface area contributed by atoms with Crippen molar-refractivity contribution in [3.8, 4) is 11.4 Å². The van der Waals surface area contributed by atoms with Gasteiger partial charge >= 0.3 is 12.1 Å². The predicted octanol–water partition coefficient (Wildman–Crippen LogP) is 3.61. The molecule has 250 valence electrons. The van der Waals surface area contributed by atoms with Gasteiger partial charge in [-0.1, -0.05) is 43.2 Å². The molecule has 1 saturated heterocycles. The van der Waals surface area contributed by atoms with Crippen LogP contribution in [-0.4, -0.2) is 99.5 Å². The molecule has 2 unspecified atom stereocenters. The van der Waals surface area contributed by atoms with Crippen molar-refractivity contribution in [2.45, 2.75) is 89.9 Å². The van der Waals surface area contributed by atoms with E-state index in [1.807, 2.05) is 30.3 Å². The Kier molecular flexibility index (Phi) is 12.1. The molecule has 2 amide bonds. The predicted molar refractivity (Wildman–Crippen MR) is 167 cm³/mol. The van der Waals surface area contributed by atoms with Crippen molar-refractivity contribution < 1.29 is 38.6 Å². The topological polar surface area (TPSA) is 160 Å². The summed E-state index contributed by atoms with van der Waals surface area (Å²) in [6.07, 6.45) is 1.75. The average Bonchev–Trinajstić information content (AvgIpc) is 3.02. The quantitative estimate of drug-likeness (QED) is 0.366. The van der Waals surface area contributed by atoms with Gasteiger partial charge in [0.25, 0.3) is 5.91 Å². The summed E-state index contributed by atoms with van der Waals surface area (Å²) >= 11 is 0. The van der Waals surface area contributed by atoms with Crippen molar-refractivity contribution in [1.29, 1.82) is 0 Å². The van der Waals surface area contributed by atoms with Crippen molar-refractivity contribution in [2.75, 3.05) is 32.8 Å². The van der Waals surface area contributed by atoms with Crippen LogP contribution in [0.3, 0.4) is 0 Å². The minimum absolute atomic E-state index is 0.00382. The molecular weight excluding hydrogens is 594 g/mol. The maximum Gasteiger partial charge on any atom is 0.527 e. The Balaban J connectivity index is 1.55. The Hall–Kier alpha value is -4.10. The average molecular weight is 640 g/mol. The number of carbonyl (C=O) groups excluding carboxylic acids is 4. The number of esters is 1. The SMILES string of the molecule is CCOC(=O)ON1CCN(C(=O)C(CCC(=O)OC(C)(C)C)NC(=O)c2cc(C3CCCC[C@@H]3O)nc(-c3ccccc3)n2)CC1. The van der Waals surface area contributed by atoms with Crippen LogP contribution < -0.4 is 5.32 Å². The molecule has 3 atom stereocenters. The maximum absolute atomic E-state index is 13.8. The maximum atomic E-state index is 13.8. The highest BCUT2D eigenvalue weighted by molar-refractivity contribution is 5.96. The van der Waals surface area contributed by atoms with E-state index >= 15 is 0 Å². The number of rotatable bonds is 10. The highest BCUT2D eigenvalue weighted by atomic mass is 16.8. The first-order valence-electron chi connectivity index (χ1n) is 16.0. The third kappa shape index (κ3) is 9.95. The Morgan fingerprint density at radius 2 is 1.72 bits per heavy atom. The van der Waals surface area contributed by atoms with Crippen molar-refractivity contribution in [1.82, 2.24) is 25.2 Å². The largest absolute Gasteiger partial charge is 0.527 e. The zero-order valence-electron chi connectivity index (χ0n) is 27.1. The van der Waals surface area contributed by atoms with Crippen LogP contribution in [-0.2, 0) is 23.9 Å². The van der Waals surface area contributed by atoms with Gasteiger partial charge in [-0.05, 0) is 53.0 Å². The van der Waals surface area contributed by atoms with E-state index in [1.54, 1.807) is 38.7 Å². The number of ether oxygens (including phenoxy) is 2. The lowest BCUT2D eigenvalue weighted by Gasteiger charge is -2.35. The number of nitrogens with zero attached hydrogens (tertiary/aromatic N) is 4. The van der Waals surface area contributed by atoms with Gasteiger partial charge in [-0.15, -0.1) is 5.06 Å². The Morgan fingerprint density at radius 3 is 2.37 bits per heavy atom. The summed E-state index contributed by atoms with van der Waals surface area (Å²) in [6.45, 7) is 8.08. The normalized spacial score (nSPS) is 19.5. The minimum atomic E-state index is -1.06. The Bertz CT molecular complexity index is 1360. The molecule has 2 N–H and O–H groups in total. The lowest BCUT2D eigenvalue weighted by Crippen LogP contribution is -2.55. The molecule has 1 aromatic carbocycles. The molecule has 1 aliphatic heterocycles. The molecule has 2 aromatic rings. The number of amides is 2. The van der Waals surface area contributed by atoms with E-state index in [2.05, 4.69) is 10.3 Å². The Morgan fingerprint density at radius 1 is 1.02 bits per heavy atom. The van der Waals surface area contributed by atoms with Crippen LogP contribution >= 0.6 is 0 Å².